The third-order valence-corrected chi connectivity index (χ3v) is 2.58. The lowest BCUT2D eigenvalue weighted by Gasteiger charge is -2.05. The van der Waals surface area contributed by atoms with E-state index >= 15 is 0 Å². The number of carbonyl (C=O) groups excluding carboxylic acids is 1. The highest BCUT2D eigenvalue weighted by atomic mass is 16.5. The number of nitrogens with zero attached hydrogens (tertiary/aromatic N) is 1. The van der Waals surface area contributed by atoms with Crippen LogP contribution in [0.2, 0.25) is 0 Å². The molecule has 18 heavy (non-hydrogen) atoms. The standard InChI is InChI=1S/C13H15N3O2/c1-18-11-3-2-9-6-10(8-16-12(9)7-11)13(17)15-5-4-14/h2-3,6-8H,4-5,14H2,1H3,(H,15,17). The molecule has 0 fully saturated rings. The number of nitrogens with one attached hydrogen (secondary N) is 1. The van der Waals surface area contributed by atoms with Gasteiger partial charge in [0.2, 0.25) is 0 Å². The number of fused-ring (bicyclic) bond motifs is 1. The molecule has 1 amide bonds. The summed E-state index contributed by atoms with van der Waals surface area (Å²) in [5.41, 5.74) is 6.66. The van der Waals surface area contributed by atoms with Crippen molar-refractivity contribution in [2.45, 2.75) is 0 Å². The number of benzene rings is 1. The quantitative estimate of drug-likeness (QED) is 0.840. The highest BCUT2D eigenvalue weighted by Crippen LogP contribution is 2.19. The number of hydrogen-bond acceptors (Lipinski definition) is 4. The molecular formula is C13H15N3O2. The van der Waals surface area contributed by atoms with Gasteiger partial charge in [0.25, 0.3) is 5.91 Å². The molecule has 0 atom stereocenters. The van der Waals surface area contributed by atoms with Gasteiger partial charge in [-0.3, -0.25) is 9.78 Å². The Labute approximate surface area is 105 Å². The Balaban J connectivity index is 2.30. The third kappa shape index (κ3) is 2.57. The van der Waals surface area contributed by atoms with Gasteiger partial charge in [-0.2, -0.15) is 0 Å². The summed E-state index contributed by atoms with van der Waals surface area (Å²) >= 11 is 0. The van der Waals surface area contributed by atoms with Crippen LogP contribution in [0.5, 0.6) is 5.75 Å². The normalized spacial score (nSPS) is 10.3. The van der Waals surface area contributed by atoms with Crippen LogP contribution in [-0.2, 0) is 0 Å². The van der Waals surface area contributed by atoms with E-state index in [1.54, 1.807) is 19.4 Å². The lowest BCUT2D eigenvalue weighted by atomic mass is 10.1. The molecular weight excluding hydrogens is 230 g/mol. The number of rotatable bonds is 4. The van der Waals surface area contributed by atoms with Crippen LogP contribution < -0.4 is 15.8 Å². The van der Waals surface area contributed by atoms with Crippen molar-refractivity contribution in [1.82, 2.24) is 10.3 Å². The summed E-state index contributed by atoms with van der Waals surface area (Å²) in [5.74, 6) is 0.584. The maximum absolute atomic E-state index is 11.7. The average Bonchev–Trinajstić information content (AvgIpc) is 2.43. The summed E-state index contributed by atoms with van der Waals surface area (Å²) in [6, 6.07) is 7.34. The molecule has 1 aromatic carbocycles. The van der Waals surface area contributed by atoms with Gasteiger partial charge in [-0.25, -0.2) is 0 Å². The van der Waals surface area contributed by atoms with Crippen molar-refractivity contribution in [3.63, 3.8) is 0 Å². The van der Waals surface area contributed by atoms with Crippen molar-refractivity contribution in [3.8, 4) is 5.75 Å². The number of pyridine rings is 1. The van der Waals surface area contributed by atoms with E-state index in [1.807, 2.05) is 18.2 Å². The van der Waals surface area contributed by atoms with Gasteiger partial charge in [0.15, 0.2) is 0 Å². The molecule has 2 rings (SSSR count). The summed E-state index contributed by atoms with van der Waals surface area (Å²) in [5, 5.41) is 3.61. The van der Waals surface area contributed by atoms with E-state index in [1.165, 1.54) is 0 Å². The first-order chi connectivity index (χ1) is 8.74. The Kier molecular flexibility index (Phi) is 3.74. The third-order valence-electron chi connectivity index (χ3n) is 2.58. The topological polar surface area (TPSA) is 77.2 Å². The fourth-order valence-corrected chi connectivity index (χ4v) is 1.64. The second kappa shape index (κ2) is 5.46. The zero-order valence-electron chi connectivity index (χ0n) is 10.1. The van der Waals surface area contributed by atoms with Crippen molar-refractivity contribution in [2.75, 3.05) is 20.2 Å². The lowest BCUT2D eigenvalue weighted by molar-refractivity contribution is 0.0954. The van der Waals surface area contributed by atoms with Crippen molar-refractivity contribution in [3.05, 3.63) is 36.0 Å². The van der Waals surface area contributed by atoms with Crippen molar-refractivity contribution in [1.29, 1.82) is 0 Å². The van der Waals surface area contributed by atoms with E-state index in [9.17, 15) is 4.79 Å². The molecule has 1 heterocycles. The molecule has 94 valence electrons. The summed E-state index contributed by atoms with van der Waals surface area (Å²) in [6.45, 7) is 0.878. The minimum absolute atomic E-state index is 0.161. The average molecular weight is 245 g/mol. The van der Waals surface area contributed by atoms with Gasteiger partial charge in [0, 0.05) is 30.7 Å². The van der Waals surface area contributed by atoms with Crippen molar-refractivity contribution >= 4 is 16.8 Å². The molecule has 0 saturated heterocycles. The van der Waals surface area contributed by atoms with E-state index < -0.39 is 0 Å². The minimum atomic E-state index is -0.161. The molecule has 0 radical (unpaired) electrons. The predicted octanol–water partition coefficient (Wildman–Crippen LogP) is 0.932. The molecule has 0 unspecified atom stereocenters. The molecule has 0 bridgehead atoms. The number of carbonyl (C=O) groups is 1. The molecule has 0 saturated carbocycles. The van der Waals surface area contributed by atoms with E-state index in [-0.39, 0.29) is 5.91 Å². The molecule has 2 aromatic rings. The second-order valence-corrected chi connectivity index (χ2v) is 3.83. The van der Waals surface area contributed by atoms with Crippen LogP contribution in [0.1, 0.15) is 10.4 Å². The number of methoxy groups -OCH3 is 1. The zero-order valence-corrected chi connectivity index (χ0v) is 10.1. The second-order valence-electron chi connectivity index (χ2n) is 3.83. The molecule has 3 N–H and O–H groups in total. The van der Waals surface area contributed by atoms with Crippen LogP contribution >= 0.6 is 0 Å². The van der Waals surface area contributed by atoms with Gasteiger partial charge in [-0.1, -0.05) is 0 Å². The van der Waals surface area contributed by atoms with Crippen LogP contribution in [0, 0.1) is 0 Å². The summed E-state index contributed by atoms with van der Waals surface area (Å²) in [7, 11) is 1.61. The fraction of sp³-hybridized carbons (Fsp3) is 0.231. The predicted molar refractivity (Wildman–Crippen MR) is 69.7 cm³/mol. The fourth-order valence-electron chi connectivity index (χ4n) is 1.64. The van der Waals surface area contributed by atoms with Gasteiger partial charge in [0.1, 0.15) is 5.75 Å². The number of amides is 1. The number of hydrogen-bond donors (Lipinski definition) is 2. The molecule has 5 heteroatoms. The van der Waals surface area contributed by atoms with Gasteiger partial charge < -0.3 is 15.8 Å². The van der Waals surface area contributed by atoms with Crippen LogP contribution in [0.4, 0.5) is 0 Å². The summed E-state index contributed by atoms with van der Waals surface area (Å²) < 4.78 is 5.12. The summed E-state index contributed by atoms with van der Waals surface area (Å²) in [6.07, 6.45) is 1.55. The molecule has 0 aliphatic rings. The van der Waals surface area contributed by atoms with Crippen LogP contribution in [0.3, 0.4) is 0 Å². The first-order valence-corrected chi connectivity index (χ1v) is 5.66. The van der Waals surface area contributed by atoms with Gasteiger partial charge >= 0.3 is 0 Å². The van der Waals surface area contributed by atoms with Crippen LogP contribution in [0.15, 0.2) is 30.5 Å². The molecule has 1 aromatic heterocycles. The number of ether oxygens (including phenoxy) is 1. The van der Waals surface area contributed by atoms with E-state index in [2.05, 4.69) is 10.3 Å². The van der Waals surface area contributed by atoms with Crippen LogP contribution in [0.25, 0.3) is 10.9 Å². The highest BCUT2D eigenvalue weighted by molar-refractivity contribution is 5.97. The Morgan fingerprint density at radius 3 is 3.00 bits per heavy atom. The van der Waals surface area contributed by atoms with E-state index in [0.29, 0.717) is 18.7 Å². The Bertz CT molecular complexity index is 569. The Hall–Kier alpha value is -2.14. The monoisotopic (exact) mass is 245 g/mol. The number of nitrogens with two attached hydrogens (primary N) is 1. The van der Waals surface area contributed by atoms with Crippen molar-refractivity contribution in [2.24, 2.45) is 5.73 Å². The summed E-state index contributed by atoms with van der Waals surface area (Å²) in [4.78, 5) is 16.0. The maximum atomic E-state index is 11.7. The number of aromatic nitrogens is 1. The molecule has 0 aliphatic heterocycles. The smallest absolute Gasteiger partial charge is 0.252 e. The van der Waals surface area contributed by atoms with E-state index in [4.69, 9.17) is 10.5 Å². The maximum Gasteiger partial charge on any atom is 0.252 e. The minimum Gasteiger partial charge on any atom is -0.497 e. The molecule has 0 aliphatic carbocycles. The SMILES string of the molecule is COc1ccc2cc(C(=O)NCCN)cnc2c1. The lowest BCUT2D eigenvalue weighted by Crippen LogP contribution is -2.29. The zero-order chi connectivity index (χ0) is 13.0. The first kappa shape index (κ1) is 12.3. The Morgan fingerprint density at radius 1 is 1.44 bits per heavy atom. The van der Waals surface area contributed by atoms with Crippen molar-refractivity contribution < 1.29 is 9.53 Å². The highest BCUT2D eigenvalue weighted by Gasteiger charge is 2.06. The van der Waals surface area contributed by atoms with Gasteiger partial charge in [-0.15, -0.1) is 0 Å². The molecule has 5 nitrogen and oxygen atoms in total. The van der Waals surface area contributed by atoms with Gasteiger partial charge in [0.05, 0.1) is 18.2 Å². The Morgan fingerprint density at radius 2 is 2.28 bits per heavy atom. The first-order valence-electron chi connectivity index (χ1n) is 5.66. The van der Waals surface area contributed by atoms with Crippen LogP contribution in [-0.4, -0.2) is 31.1 Å². The van der Waals surface area contributed by atoms with E-state index in [0.717, 1.165) is 16.7 Å². The molecule has 0 spiro atoms. The van der Waals surface area contributed by atoms with Gasteiger partial charge in [-0.05, 0) is 18.2 Å². The largest absolute Gasteiger partial charge is 0.497 e.